The van der Waals surface area contributed by atoms with Crippen molar-refractivity contribution in [2.45, 2.75) is 18.9 Å². The number of thiophene rings is 1. The molecular weight excluding hydrogens is 352 g/mol. The zero-order chi connectivity index (χ0) is 18.1. The summed E-state index contributed by atoms with van der Waals surface area (Å²) in [6.07, 6.45) is 0.600. The van der Waals surface area contributed by atoms with Crippen LogP contribution in [0.5, 0.6) is 0 Å². The SMILES string of the molecule is O=C(c1ccc(-c2ccsc2)cc1)N1CCC(N2C(=O)COC2=O)CC1. The van der Waals surface area contributed by atoms with Crippen molar-refractivity contribution in [3.05, 3.63) is 46.7 Å². The lowest BCUT2D eigenvalue weighted by molar-refractivity contribution is -0.127. The molecule has 3 heterocycles. The number of amides is 3. The number of cyclic esters (lactones) is 1. The van der Waals surface area contributed by atoms with Crippen molar-refractivity contribution in [3.8, 4) is 11.1 Å². The summed E-state index contributed by atoms with van der Waals surface area (Å²) in [7, 11) is 0. The van der Waals surface area contributed by atoms with Crippen molar-refractivity contribution in [1.29, 1.82) is 0 Å². The van der Waals surface area contributed by atoms with Crippen LogP contribution >= 0.6 is 11.3 Å². The van der Waals surface area contributed by atoms with Crippen LogP contribution < -0.4 is 0 Å². The topological polar surface area (TPSA) is 66.9 Å². The van der Waals surface area contributed by atoms with Crippen LogP contribution in [0.1, 0.15) is 23.2 Å². The van der Waals surface area contributed by atoms with Gasteiger partial charge in [0.05, 0.1) is 0 Å². The number of carbonyl (C=O) groups is 3. The molecule has 26 heavy (non-hydrogen) atoms. The molecule has 1 aromatic carbocycles. The average Bonchev–Trinajstić information content (AvgIpc) is 3.32. The van der Waals surface area contributed by atoms with Crippen LogP contribution in [-0.2, 0) is 9.53 Å². The number of rotatable bonds is 3. The first-order chi connectivity index (χ1) is 12.6. The number of hydrogen-bond acceptors (Lipinski definition) is 5. The Morgan fingerprint density at radius 2 is 1.77 bits per heavy atom. The van der Waals surface area contributed by atoms with Gasteiger partial charge < -0.3 is 9.64 Å². The maximum atomic E-state index is 12.7. The van der Waals surface area contributed by atoms with E-state index in [4.69, 9.17) is 4.74 Å². The molecular formula is C19H18N2O4S. The highest BCUT2D eigenvalue weighted by Gasteiger charge is 2.39. The molecule has 2 fully saturated rings. The molecule has 134 valence electrons. The quantitative estimate of drug-likeness (QED) is 0.833. The molecule has 2 aliphatic heterocycles. The maximum absolute atomic E-state index is 12.7. The first-order valence-corrected chi connectivity index (χ1v) is 9.48. The molecule has 0 saturated carbocycles. The van der Waals surface area contributed by atoms with E-state index in [1.165, 1.54) is 4.90 Å². The molecule has 0 aliphatic carbocycles. The lowest BCUT2D eigenvalue weighted by atomic mass is 10.0. The molecule has 0 spiro atoms. The Bertz CT molecular complexity index is 808. The molecule has 2 saturated heterocycles. The third kappa shape index (κ3) is 3.10. The highest BCUT2D eigenvalue weighted by atomic mass is 32.1. The molecule has 0 bridgehead atoms. The number of imide groups is 1. The summed E-state index contributed by atoms with van der Waals surface area (Å²) in [6.45, 7) is 0.869. The number of likely N-dealkylation sites (tertiary alicyclic amines) is 1. The highest BCUT2D eigenvalue weighted by Crippen LogP contribution is 2.24. The number of nitrogens with zero attached hydrogens (tertiary/aromatic N) is 2. The second-order valence-corrected chi connectivity index (χ2v) is 7.21. The summed E-state index contributed by atoms with van der Waals surface area (Å²) in [4.78, 5) is 39.1. The molecule has 4 rings (SSSR count). The van der Waals surface area contributed by atoms with E-state index in [9.17, 15) is 14.4 Å². The lowest BCUT2D eigenvalue weighted by Crippen LogP contribution is -2.48. The smallest absolute Gasteiger partial charge is 0.417 e. The fourth-order valence-corrected chi connectivity index (χ4v) is 4.13. The molecule has 0 atom stereocenters. The Morgan fingerprint density at radius 1 is 1.04 bits per heavy atom. The zero-order valence-electron chi connectivity index (χ0n) is 14.1. The van der Waals surface area contributed by atoms with E-state index in [2.05, 4.69) is 11.4 Å². The minimum atomic E-state index is -0.566. The van der Waals surface area contributed by atoms with E-state index in [1.54, 1.807) is 16.2 Å². The largest absolute Gasteiger partial charge is 0.439 e. The predicted molar refractivity (Wildman–Crippen MR) is 96.9 cm³/mol. The summed E-state index contributed by atoms with van der Waals surface area (Å²) in [5.41, 5.74) is 2.89. The summed E-state index contributed by atoms with van der Waals surface area (Å²) >= 11 is 1.64. The monoisotopic (exact) mass is 370 g/mol. The Hall–Kier alpha value is -2.67. The minimum absolute atomic E-state index is 0.0179. The van der Waals surface area contributed by atoms with Crippen LogP contribution in [0.25, 0.3) is 11.1 Å². The molecule has 0 radical (unpaired) electrons. The number of piperidine rings is 1. The number of carbonyl (C=O) groups excluding carboxylic acids is 3. The molecule has 0 unspecified atom stereocenters. The van der Waals surface area contributed by atoms with Gasteiger partial charge in [0.1, 0.15) is 0 Å². The maximum Gasteiger partial charge on any atom is 0.417 e. The van der Waals surface area contributed by atoms with Crippen molar-refractivity contribution in [2.24, 2.45) is 0 Å². The Balaban J connectivity index is 1.39. The van der Waals surface area contributed by atoms with Crippen molar-refractivity contribution in [3.63, 3.8) is 0 Å². The van der Waals surface area contributed by atoms with Gasteiger partial charge in [0, 0.05) is 24.7 Å². The van der Waals surface area contributed by atoms with Gasteiger partial charge in [-0.15, -0.1) is 0 Å². The Kier molecular flexibility index (Phi) is 4.46. The van der Waals surface area contributed by atoms with Gasteiger partial charge in [-0.3, -0.25) is 9.59 Å². The van der Waals surface area contributed by atoms with Gasteiger partial charge in [-0.05, 0) is 52.9 Å². The first-order valence-electron chi connectivity index (χ1n) is 8.54. The van der Waals surface area contributed by atoms with Gasteiger partial charge in [0.25, 0.3) is 11.8 Å². The van der Waals surface area contributed by atoms with Gasteiger partial charge in [-0.2, -0.15) is 11.3 Å². The lowest BCUT2D eigenvalue weighted by Gasteiger charge is -2.34. The third-order valence-electron chi connectivity index (χ3n) is 4.89. The van der Waals surface area contributed by atoms with Crippen molar-refractivity contribution < 1.29 is 19.1 Å². The third-order valence-corrected chi connectivity index (χ3v) is 5.57. The van der Waals surface area contributed by atoms with E-state index < -0.39 is 6.09 Å². The fraction of sp³-hybridized carbons (Fsp3) is 0.316. The molecule has 2 aromatic rings. The highest BCUT2D eigenvalue weighted by molar-refractivity contribution is 7.08. The zero-order valence-corrected chi connectivity index (χ0v) is 14.9. The average molecular weight is 370 g/mol. The second-order valence-electron chi connectivity index (χ2n) is 6.43. The van der Waals surface area contributed by atoms with E-state index in [0.29, 0.717) is 31.5 Å². The van der Waals surface area contributed by atoms with E-state index in [-0.39, 0.29) is 24.5 Å². The van der Waals surface area contributed by atoms with E-state index >= 15 is 0 Å². The summed E-state index contributed by atoms with van der Waals surface area (Å²) in [6, 6.07) is 9.49. The number of ether oxygens (including phenoxy) is 1. The Labute approximate surface area is 155 Å². The van der Waals surface area contributed by atoms with Crippen molar-refractivity contribution in [2.75, 3.05) is 19.7 Å². The van der Waals surface area contributed by atoms with Gasteiger partial charge >= 0.3 is 6.09 Å². The summed E-state index contributed by atoms with van der Waals surface area (Å²) in [5, 5.41) is 4.10. The van der Waals surface area contributed by atoms with Crippen LogP contribution in [0, 0.1) is 0 Å². The van der Waals surface area contributed by atoms with Gasteiger partial charge in [0.2, 0.25) is 0 Å². The number of benzene rings is 1. The molecule has 1 aromatic heterocycles. The molecule has 0 N–H and O–H groups in total. The fourth-order valence-electron chi connectivity index (χ4n) is 3.46. The number of hydrogen-bond donors (Lipinski definition) is 0. The van der Waals surface area contributed by atoms with Crippen LogP contribution in [0.3, 0.4) is 0 Å². The molecule has 7 heteroatoms. The van der Waals surface area contributed by atoms with Crippen molar-refractivity contribution >= 4 is 29.2 Å². The van der Waals surface area contributed by atoms with Gasteiger partial charge in [-0.1, -0.05) is 12.1 Å². The molecule has 6 nitrogen and oxygen atoms in total. The standard InChI is InChI=1S/C19H18N2O4S/c22-17-11-25-19(24)21(17)16-5-8-20(9-6-16)18(23)14-3-1-13(2-4-14)15-7-10-26-12-15/h1-4,7,10,12,16H,5-6,8-9,11H2. The first kappa shape index (κ1) is 16.8. The van der Waals surface area contributed by atoms with Crippen molar-refractivity contribution in [1.82, 2.24) is 9.80 Å². The van der Waals surface area contributed by atoms with Gasteiger partial charge in [-0.25, -0.2) is 9.69 Å². The van der Waals surface area contributed by atoms with Gasteiger partial charge in [0.15, 0.2) is 6.61 Å². The van der Waals surface area contributed by atoms with Crippen LogP contribution in [0.15, 0.2) is 41.1 Å². The normalized spacial score (nSPS) is 18.3. The predicted octanol–water partition coefficient (Wildman–Crippen LogP) is 3.00. The van der Waals surface area contributed by atoms with Crippen LogP contribution in [0.2, 0.25) is 0 Å². The molecule has 2 aliphatic rings. The summed E-state index contributed by atoms with van der Waals surface area (Å²) < 4.78 is 4.77. The minimum Gasteiger partial charge on any atom is -0.439 e. The van der Waals surface area contributed by atoms with Crippen LogP contribution in [-0.4, -0.2) is 53.4 Å². The Morgan fingerprint density at radius 3 is 2.35 bits per heavy atom. The van der Waals surface area contributed by atoms with E-state index in [0.717, 1.165) is 11.1 Å². The second kappa shape index (κ2) is 6.92. The molecule has 3 amide bonds. The van der Waals surface area contributed by atoms with Crippen LogP contribution in [0.4, 0.5) is 4.79 Å². The van der Waals surface area contributed by atoms with E-state index in [1.807, 2.05) is 29.6 Å². The summed E-state index contributed by atoms with van der Waals surface area (Å²) in [5.74, 6) is -0.306.